The van der Waals surface area contributed by atoms with E-state index in [4.69, 9.17) is 44.3 Å². The van der Waals surface area contributed by atoms with Gasteiger partial charge in [0.15, 0.2) is 17.3 Å². The van der Waals surface area contributed by atoms with Crippen LogP contribution in [0.4, 0.5) is 0 Å². The molecule has 0 aliphatic heterocycles. The van der Waals surface area contributed by atoms with Gasteiger partial charge in [-0.05, 0) is 42.8 Å². The third kappa shape index (κ3) is 5.57. The Morgan fingerprint density at radius 2 is 1.70 bits per heavy atom. The predicted octanol–water partition coefficient (Wildman–Crippen LogP) is 7.44. The van der Waals surface area contributed by atoms with Gasteiger partial charge in [0, 0.05) is 21.2 Å². The number of carbonyl (C=O) groups excluding carboxylic acids is 1. The highest BCUT2D eigenvalue weighted by molar-refractivity contribution is 6.35. The Morgan fingerprint density at radius 3 is 2.37 bits per heavy atom. The molecule has 6 heteroatoms. The van der Waals surface area contributed by atoms with Crippen molar-refractivity contribution in [1.29, 1.82) is 0 Å². The molecule has 3 rings (SSSR count). The molecule has 30 heavy (non-hydrogen) atoms. The maximum Gasteiger partial charge on any atom is 0.185 e. The van der Waals surface area contributed by atoms with Crippen molar-refractivity contribution >= 4 is 46.7 Å². The van der Waals surface area contributed by atoms with Crippen molar-refractivity contribution in [2.45, 2.75) is 13.5 Å². The Labute approximate surface area is 190 Å². The number of allylic oxidation sites excluding steroid dienone is 1. The van der Waals surface area contributed by atoms with Crippen molar-refractivity contribution in [3.63, 3.8) is 0 Å². The maximum absolute atomic E-state index is 12.4. The molecule has 0 saturated carbocycles. The minimum absolute atomic E-state index is 0.0946. The molecule has 0 aromatic heterocycles. The fourth-order valence-corrected chi connectivity index (χ4v) is 3.49. The Balaban J connectivity index is 1.77. The monoisotopic (exact) mass is 460 g/mol. The molecular weight excluding hydrogens is 443 g/mol. The molecule has 0 atom stereocenters. The molecule has 0 fully saturated rings. The summed E-state index contributed by atoms with van der Waals surface area (Å²) in [6, 6.07) is 16.1. The van der Waals surface area contributed by atoms with E-state index in [-0.39, 0.29) is 12.4 Å². The van der Waals surface area contributed by atoms with Gasteiger partial charge in [0.2, 0.25) is 0 Å². The van der Waals surface area contributed by atoms with E-state index in [1.807, 2.05) is 19.1 Å². The molecule has 0 aliphatic rings. The number of rotatable bonds is 7. The van der Waals surface area contributed by atoms with Gasteiger partial charge in [-0.1, -0.05) is 76.8 Å². The van der Waals surface area contributed by atoms with Crippen molar-refractivity contribution in [1.82, 2.24) is 0 Å². The largest absolute Gasteiger partial charge is 0.493 e. The summed E-state index contributed by atoms with van der Waals surface area (Å²) in [6.07, 6.45) is 3.19. The normalized spacial score (nSPS) is 11.0. The van der Waals surface area contributed by atoms with Crippen molar-refractivity contribution in [3.05, 3.63) is 98.0 Å². The molecule has 0 radical (unpaired) electrons. The predicted molar refractivity (Wildman–Crippen MR) is 123 cm³/mol. The van der Waals surface area contributed by atoms with E-state index in [9.17, 15) is 4.79 Å². The average Bonchev–Trinajstić information content (AvgIpc) is 2.72. The fourth-order valence-electron chi connectivity index (χ4n) is 2.75. The number of hydrogen-bond donors (Lipinski definition) is 0. The topological polar surface area (TPSA) is 35.5 Å². The van der Waals surface area contributed by atoms with Crippen molar-refractivity contribution in [3.8, 4) is 11.5 Å². The quantitative estimate of drug-likeness (QED) is 0.271. The SMILES string of the molecule is COc1cc(/C=C/C(=O)c2ccc(C)cc2)cc(Cl)c1OCc1ccc(Cl)cc1Cl. The number of carbonyl (C=O) groups is 1. The van der Waals surface area contributed by atoms with Crippen LogP contribution in [0.5, 0.6) is 11.5 Å². The lowest BCUT2D eigenvalue weighted by molar-refractivity contribution is 0.104. The van der Waals surface area contributed by atoms with Crippen molar-refractivity contribution < 1.29 is 14.3 Å². The second-order valence-corrected chi connectivity index (χ2v) is 7.87. The van der Waals surface area contributed by atoms with Gasteiger partial charge in [-0.25, -0.2) is 0 Å². The first kappa shape index (κ1) is 22.2. The Hall–Kier alpha value is -2.46. The van der Waals surface area contributed by atoms with E-state index < -0.39 is 0 Å². The molecule has 3 nitrogen and oxygen atoms in total. The van der Waals surface area contributed by atoms with Gasteiger partial charge in [-0.3, -0.25) is 4.79 Å². The van der Waals surface area contributed by atoms with Crippen LogP contribution >= 0.6 is 34.8 Å². The van der Waals surface area contributed by atoms with Crippen LogP contribution in [0.1, 0.15) is 27.0 Å². The molecule has 0 saturated heterocycles. The summed E-state index contributed by atoms with van der Waals surface area (Å²) in [6.45, 7) is 2.18. The zero-order valence-electron chi connectivity index (χ0n) is 16.4. The molecule has 3 aromatic rings. The van der Waals surface area contributed by atoms with E-state index in [0.29, 0.717) is 37.7 Å². The number of hydrogen-bond acceptors (Lipinski definition) is 3. The summed E-state index contributed by atoms with van der Waals surface area (Å²) in [5.41, 5.74) is 3.21. The number of ether oxygens (including phenoxy) is 2. The lowest BCUT2D eigenvalue weighted by Gasteiger charge is -2.14. The minimum atomic E-state index is -0.0946. The van der Waals surface area contributed by atoms with Gasteiger partial charge >= 0.3 is 0 Å². The smallest absolute Gasteiger partial charge is 0.185 e. The van der Waals surface area contributed by atoms with Gasteiger partial charge < -0.3 is 9.47 Å². The summed E-state index contributed by atoms with van der Waals surface area (Å²) in [4.78, 5) is 12.4. The average molecular weight is 462 g/mol. The standard InChI is InChI=1S/C24H19Cl3O3/c1-15-3-6-17(7-4-15)22(28)10-5-16-11-21(27)24(23(12-16)29-2)30-14-18-8-9-19(25)13-20(18)26/h3-13H,14H2,1-2H3/b10-5+. The summed E-state index contributed by atoms with van der Waals surface area (Å²) >= 11 is 18.5. The van der Waals surface area contributed by atoms with Crippen LogP contribution < -0.4 is 9.47 Å². The zero-order valence-corrected chi connectivity index (χ0v) is 18.7. The number of halogens is 3. The van der Waals surface area contributed by atoms with E-state index in [0.717, 1.165) is 11.1 Å². The van der Waals surface area contributed by atoms with Crippen LogP contribution in [0.2, 0.25) is 15.1 Å². The Morgan fingerprint density at radius 1 is 0.967 bits per heavy atom. The van der Waals surface area contributed by atoms with E-state index in [1.165, 1.54) is 13.2 Å². The fraction of sp³-hybridized carbons (Fsp3) is 0.125. The minimum Gasteiger partial charge on any atom is -0.493 e. The number of ketones is 1. The molecule has 0 unspecified atom stereocenters. The van der Waals surface area contributed by atoms with Crippen LogP contribution in [0.25, 0.3) is 6.08 Å². The van der Waals surface area contributed by atoms with Crippen LogP contribution in [-0.2, 0) is 6.61 Å². The van der Waals surface area contributed by atoms with Crippen LogP contribution in [-0.4, -0.2) is 12.9 Å². The molecule has 0 amide bonds. The Bertz CT molecular complexity index is 1090. The van der Waals surface area contributed by atoms with E-state index in [1.54, 1.807) is 48.5 Å². The number of methoxy groups -OCH3 is 1. The van der Waals surface area contributed by atoms with Gasteiger partial charge in [0.1, 0.15) is 6.61 Å². The Kier molecular flexibility index (Phi) is 7.43. The molecule has 0 spiro atoms. The highest BCUT2D eigenvalue weighted by atomic mass is 35.5. The van der Waals surface area contributed by atoms with Gasteiger partial charge in [-0.15, -0.1) is 0 Å². The van der Waals surface area contributed by atoms with Crippen LogP contribution in [0.15, 0.2) is 60.7 Å². The molecule has 0 N–H and O–H groups in total. The second kappa shape index (κ2) is 10.0. The van der Waals surface area contributed by atoms with Gasteiger partial charge in [0.05, 0.1) is 12.1 Å². The van der Waals surface area contributed by atoms with Crippen molar-refractivity contribution in [2.75, 3.05) is 7.11 Å². The van der Waals surface area contributed by atoms with Gasteiger partial charge in [-0.2, -0.15) is 0 Å². The molecular formula is C24H19Cl3O3. The first-order valence-corrected chi connectivity index (χ1v) is 10.2. The molecule has 0 heterocycles. The van der Waals surface area contributed by atoms with Crippen LogP contribution in [0, 0.1) is 6.92 Å². The highest BCUT2D eigenvalue weighted by Gasteiger charge is 2.13. The zero-order chi connectivity index (χ0) is 21.7. The second-order valence-electron chi connectivity index (χ2n) is 6.62. The maximum atomic E-state index is 12.4. The first-order valence-electron chi connectivity index (χ1n) is 9.10. The molecule has 0 bridgehead atoms. The van der Waals surface area contributed by atoms with Crippen LogP contribution in [0.3, 0.4) is 0 Å². The van der Waals surface area contributed by atoms with Gasteiger partial charge in [0.25, 0.3) is 0 Å². The lowest BCUT2D eigenvalue weighted by atomic mass is 10.1. The summed E-state index contributed by atoms with van der Waals surface area (Å²) < 4.78 is 11.3. The third-order valence-corrected chi connectivity index (χ3v) is 5.27. The van der Waals surface area contributed by atoms with E-state index in [2.05, 4.69) is 0 Å². The number of benzene rings is 3. The molecule has 3 aromatic carbocycles. The first-order chi connectivity index (χ1) is 14.4. The number of aryl methyl sites for hydroxylation is 1. The lowest BCUT2D eigenvalue weighted by Crippen LogP contribution is -2.00. The summed E-state index contributed by atoms with van der Waals surface area (Å²) in [5.74, 6) is 0.755. The molecule has 154 valence electrons. The molecule has 0 aliphatic carbocycles. The highest BCUT2D eigenvalue weighted by Crippen LogP contribution is 2.37. The summed E-state index contributed by atoms with van der Waals surface area (Å²) in [7, 11) is 1.53. The summed E-state index contributed by atoms with van der Waals surface area (Å²) in [5, 5.41) is 1.42. The third-order valence-electron chi connectivity index (χ3n) is 4.40. The van der Waals surface area contributed by atoms with E-state index >= 15 is 0 Å². The van der Waals surface area contributed by atoms with Crippen molar-refractivity contribution in [2.24, 2.45) is 0 Å².